The molecule has 0 aromatic rings. The van der Waals surface area contributed by atoms with E-state index in [0.29, 0.717) is 11.8 Å². The summed E-state index contributed by atoms with van der Waals surface area (Å²) in [5, 5.41) is 0. The van der Waals surface area contributed by atoms with Crippen LogP contribution in [0.3, 0.4) is 0 Å². The first-order valence-electron chi connectivity index (χ1n) is 24.1. The monoisotopic (exact) mass is 919 g/mol. The van der Waals surface area contributed by atoms with Gasteiger partial charge < -0.3 is 56.8 Å². The molecule has 0 amide bonds. The fourth-order valence-corrected chi connectivity index (χ4v) is 15.1. The molecule has 3 saturated heterocycles. The van der Waals surface area contributed by atoms with Crippen LogP contribution in [0.25, 0.3) is 0 Å². The molecule has 0 N–H and O–H groups in total. The summed E-state index contributed by atoms with van der Waals surface area (Å²) in [6.07, 6.45) is 2.91. The summed E-state index contributed by atoms with van der Waals surface area (Å²) in [5.41, 5.74) is 0.835. The molecule has 0 unspecified atom stereocenters. The van der Waals surface area contributed by atoms with E-state index in [4.69, 9.17) is 56.8 Å². The first kappa shape index (κ1) is 49.4. The number of ketones is 1. The van der Waals surface area contributed by atoms with Gasteiger partial charge in [-0.1, -0.05) is 60.1 Å². The van der Waals surface area contributed by atoms with E-state index in [1.54, 1.807) is 21.0 Å². The lowest BCUT2D eigenvalue weighted by atomic mass is 9.33. The highest BCUT2D eigenvalue weighted by Gasteiger charge is 2.70. The molecule has 368 valence electrons. The predicted molar refractivity (Wildman–Crippen MR) is 234 cm³/mol. The van der Waals surface area contributed by atoms with Gasteiger partial charge in [0.1, 0.15) is 38.0 Å². The fourth-order valence-electron chi connectivity index (χ4n) is 15.1. The molecule has 0 aromatic carbocycles. The normalized spacial score (nSPS) is 46.0. The Bertz CT molecular complexity index is 1830. The number of fused-ring (bicyclic) bond motifs is 8. The first-order chi connectivity index (χ1) is 30.6. The highest BCUT2D eigenvalue weighted by molar-refractivity contribution is 5.88. The van der Waals surface area contributed by atoms with Gasteiger partial charge in [0.2, 0.25) is 12.1 Å². The van der Waals surface area contributed by atoms with Crippen molar-refractivity contribution >= 4 is 17.7 Å². The average molecular weight is 919 g/mol. The molecule has 0 bridgehead atoms. The number of rotatable bonds is 12. The molecule has 3 heterocycles. The van der Waals surface area contributed by atoms with Crippen LogP contribution in [0.5, 0.6) is 0 Å². The second-order valence-electron chi connectivity index (χ2n) is 23.1. The Hall–Kier alpha value is -2.05. The van der Waals surface area contributed by atoms with Crippen molar-refractivity contribution in [2.24, 2.45) is 50.2 Å². The Kier molecular flexibility index (Phi) is 13.5. The van der Waals surface area contributed by atoms with Gasteiger partial charge >= 0.3 is 11.9 Å². The van der Waals surface area contributed by atoms with Gasteiger partial charge in [0.25, 0.3) is 0 Å². The SMILES string of the molecule is COCO[C@H]1[C@H](O[C@H]2CC[C@]3(C)[C@H]4CC=C5[C@@H]6CC(C)(C)CC[C@]6(C(=O)OC)CC[C@@]5(C)[C@]4(C)CC[C@H]3C2(C)C)O[C@H](C(=O)OC)[C@@H](OCOC)[C@@H]1O[C@@H]1OC[C@@H]2OC(C)(C)O[C@@H]2C1=O. The minimum absolute atomic E-state index is 0.0140. The molecule has 16 atom stereocenters. The van der Waals surface area contributed by atoms with Crippen LogP contribution in [0.2, 0.25) is 0 Å². The Morgan fingerprint density at radius 2 is 1.45 bits per heavy atom. The van der Waals surface area contributed by atoms with Crippen LogP contribution in [0.4, 0.5) is 0 Å². The van der Waals surface area contributed by atoms with Gasteiger partial charge in [-0.15, -0.1) is 0 Å². The summed E-state index contributed by atoms with van der Waals surface area (Å²) in [6.45, 7) is 20.1. The third kappa shape index (κ3) is 8.08. The van der Waals surface area contributed by atoms with E-state index in [1.165, 1.54) is 26.9 Å². The molecule has 5 aliphatic carbocycles. The summed E-state index contributed by atoms with van der Waals surface area (Å²) in [5.74, 6) is -1.30. The third-order valence-corrected chi connectivity index (χ3v) is 18.5. The van der Waals surface area contributed by atoms with Crippen LogP contribution in [-0.2, 0) is 71.2 Å². The number of allylic oxidation sites excluding steroid dienone is 2. The molecule has 7 fully saturated rings. The van der Waals surface area contributed by atoms with E-state index in [1.807, 2.05) is 0 Å². The molecular weight excluding hydrogens is 841 g/mol. The van der Waals surface area contributed by atoms with Crippen molar-refractivity contribution in [1.29, 1.82) is 0 Å². The van der Waals surface area contributed by atoms with Crippen LogP contribution in [-0.4, -0.2) is 127 Å². The van der Waals surface area contributed by atoms with Gasteiger partial charge in [-0.3, -0.25) is 9.59 Å². The van der Waals surface area contributed by atoms with E-state index < -0.39 is 72.2 Å². The van der Waals surface area contributed by atoms with Crippen molar-refractivity contribution in [1.82, 2.24) is 0 Å². The number of hydrogen-bond acceptors (Lipinski definition) is 15. The van der Waals surface area contributed by atoms with Crippen LogP contribution in [0.1, 0.15) is 127 Å². The van der Waals surface area contributed by atoms with Gasteiger partial charge in [-0.25, -0.2) is 4.79 Å². The summed E-state index contributed by atoms with van der Waals surface area (Å²) in [7, 11) is 5.80. The van der Waals surface area contributed by atoms with E-state index in [0.717, 1.165) is 64.2 Å². The number of Topliss-reactive ketones (excluding diaryl/α,β-unsaturated/α-hetero) is 1. The third-order valence-electron chi connectivity index (χ3n) is 18.5. The smallest absolute Gasteiger partial charge is 0.337 e. The van der Waals surface area contributed by atoms with E-state index in [9.17, 15) is 14.4 Å². The van der Waals surface area contributed by atoms with Gasteiger partial charge in [-0.2, -0.15) is 0 Å². The number of hydrogen-bond donors (Lipinski definition) is 0. The van der Waals surface area contributed by atoms with Crippen molar-refractivity contribution < 1.29 is 71.2 Å². The molecule has 15 heteroatoms. The summed E-state index contributed by atoms with van der Waals surface area (Å²) in [6, 6.07) is 0. The zero-order chi connectivity index (χ0) is 47.1. The van der Waals surface area contributed by atoms with Gasteiger partial charge in [0, 0.05) is 14.2 Å². The lowest BCUT2D eigenvalue weighted by Crippen LogP contribution is -2.67. The zero-order valence-corrected chi connectivity index (χ0v) is 41.3. The van der Waals surface area contributed by atoms with Gasteiger partial charge in [0.05, 0.1) is 32.3 Å². The van der Waals surface area contributed by atoms with Crippen LogP contribution in [0, 0.1) is 50.2 Å². The molecule has 8 aliphatic rings. The quantitative estimate of drug-likeness (QED) is 0.0847. The first-order valence-corrected chi connectivity index (χ1v) is 24.1. The van der Waals surface area contributed by atoms with Crippen molar-refractivity contribution in [3.05, 3.63) is 11.6 Å². The van der Waals surface area contributed by atoms with E-state index in [2.05, 4.69) is 54.5 Å². The summed E-state index contributed by atoms with van der Waals surface area (Å²) >= 11 is 0. The van der Waals surface area contributed by atoms with E-state index >= 15 is 0 Å². The van der Waals surface area contributed by atoms with Gasteiger partial charge in [-0.05, 0) is 123 Å². The average Bonchev–Trinajstić information content (AvgIpc) is 3.58. The summed E-state index contributed by atoms with van der Waals surface area (Å²) in [4.78, 5) is 41.3. The maximum Gasteiger partial charge on any atom is 0.337 e. The molecule has 4 saturated carbocycles. The van der Waals surface area contributed by atoms with Crippen LogP contribution >= 0.6 is 0 Å². The molecule has 0 radical (unpaired) electrons. The fraction of sp³-hybridized carbons (Fsp3) is 0.900. The Balaban J connectivity index is 1.08. The lowest BCUT2D eigenvalue weighted by Gasteiger charge is -2.71. The maximum atomic E-state index is 13.9. The second-order valence-corrected chi connectivity index (χ2v) is 23.1. The Labute approximate surface area is 386 Å². The molecular formula is C50H78O15. The van der Waals surface area contributed by atoms with Crippen molar-refractivity contribution in [3.63, 3.8) is 0 Å². The summed E-state index contributed by atoms with van der Waals surface area (Å²) < 4.78 is 72.2. The van der Waals surface area contributed by atoms with Crippen molar-refractivity contribution in [3.8, 4) is 0 Å². The molecule has 0 aromatic heterocycles. The molecule has 8 rings (SSSR count). The molecule has 3 aliphatic heterocycles. The second kappa shape index (κ2) is 17.7. The highest BCUT2D eigenvalue weighted by Crippen LogP contribution is 2.76. The number of carbonyl (C=O) groups excluding carboxylic acids is 3. The minimum atomic E-state index is -1.40. The minimum Gasteiger partial charge on any atom is -0.469 e. The molecule has 65 heavy (non-hydrogen) atoms. The largest absolute Gasteiger partial charge is 0.469 e. The highest BCUT2D eigenvalue weighted by atomic mass is 16.8. The Morgan fingerprint density at radius 3 is 2.12 bits per heavy atom. The van der Waals surface area contributed by atoms with Crippen molar-refractivity contribution in [2.45, 2.75) is 188 Å². The van der Waals surface area contributed by atoms with Crippen molar-refractivity contribution in [2.75, 3.05) is 48.6 Å². The predicted octanol–water partition coefficient (Wildman–Crippen LogP) is 7.05. The maximum absolute atomic E-state index is 13.9. The standard InChI is InChI=1S/C50H78O15/c1-44(2)20-22-50(43(53)57-13)23-21-48(8)28(29(50)24-44)14-15-32-47(7)18-17-33(45(3,4)31(47)16-19-49(32,48)9)61-42-39(60-27-55-11)37(36(59-26-54-10)38(63-42)40(52)56-12)62-41-34(51)35-30(25-58-41)64-46(5,6)65-35/h14,29-33,35-39,41-42H,15-27H2,1-13H3/t29-,30-,31-,32+,33-,35-,36-,37-,38-,39+,41-,42+,47-,48+,49+,50-/m0/s1. The zero-order valence-electron chi connectivity index (χ0n) is 41.3. The molecule has 15 nitrogen and oxygen atoms in total. The van der Waals surface area contributed by atoms with E-state index in [-0.39, 0.29) is 65.3 Å². The molecule has 0 spiro atoms. The Morgan fingerprint density at radius 1 is 0.754 bits per heavy atom. The number of carbonyl (C=O) groups is 3. The number of methoxy groups -OCH3 is 4. The van der Waals surface area contributed by atoms with Crippen LogP contribution < -0.4 is 0 Å². The van der Waals surface area contributed by atoms with Gasteiger partial charge in [0.15, 0.2) is 24.3 Å². The topological polar surface area (TPSA) is 162 Å². The number of esters is 2. The number of ether oxygens (including phenoxy) is 12. The lowest BCUT2D eigenvalue weighted by molar-refractivity contribution is -0.360. The van der Waals surface area contributed by atoms with Crippen LogP contribution in [0.15, 0.2) is 11.6 Å².